The van der Waals surface area contributed by atoms with Gasteiger partial charge in [0.05, 0.1) is 22.6 Å². The van der Waals surface area contributed by atoms with E-state index in [1.54, 1.807) is 6.07 Å². The Morgan fingerprint density at radius 2 is 2.23 bits per heavy atom. The highest BCUT2D eigenvalue weighted by Gasteiger charge is 2.22. The Balaban J connectivity index is 2.37. The summed E-state index contributed by atoms with van der Waals surface area (Å²) in [4.78, 5) is 14.8. The van der Waals surface area contributed by atoms with Gasteiger partial charge in [-0.2, -0.15) is 0 Å². The summed E-state index contributed by atoms with van der Waals surface area (Å²) in [7, 11) is 1.85. The number of amides is 1. The first-order valence-electron chi connectivity index (χ1n) is 8.21. The van der Waals surface area contributed by atoms with E-state index < -0.39 is 0 Å². The van der Waals surface area contributed by atoms with Gasteiger partial charge in [-0.1, -0.05) is 13.8 Å². The maximum Gasteiger partial charge on any atom is 0.253 e. The molecule has 0 unspecified atom stereocenters. The Kier molecular flexibility index (Phi) is 5.52. The fourth-order valence-electron chi connectivity index (χ4n) is 3.01. The summed E-state index contributed by atoms with van der Waals surface area (Å²) in [6.45, 7) is 6.97. The van der Waals surface area contributed by atoms with Gasteiger partial charge in [0.1, 0.15) is 0 Å². The molecule has 1 fully saturated rings. The zero-order chi connectivity index (χ0) is 16.1. The number of hydrogen-bond acceptors (Lipinski definition) is 4. The van der Waals surface area contributed by atoms with Crippen molar-refractivity contribution in [3.63, 3.8) is 0 Å². The second-order valence-electron chi connectivity index (χ2n) is 6.16. The normalized spacial score (nSPS) is 18.1. The number of anilines is 3. The number of carbonyl (C=O) groups is 1. The van der Waals surface area contributed by atoms with Gasteiger partial charge in [-0.15, -0.1) is 0 Å². The molecule has 1 aliphatic rings. The lowest BCUT2D eigenvalue weighted by molar-refractivity contribution is 0.0954. The van der Waals surface area contributed by atoms with Gasteiger partial charge in [-0.3, -0.25) is 4.79 Å². The second-order valence-corrected chi connectivity index (χ2v) is 6.16. The Morgan fingerprint density at radius 3 is 2.86 bits per heavy atom. The van der Waals surface area contributed by atoms with Crippen molar-refractivity contribution in [3.8, 4) is 0 Å². The van der Waals surface area contributed by atoms with Crippen molar-refractivity contribution in [1.29, 1.82) is 0 Å². The maximum atomic E-state index is 12.5. The number of rotatable bonds is 5. The van der Waals surface area contributed by atoms with Crippen molar-refractivity contribution < 1.29 is 4.79 Å². The lowest BCUT2D eigenvalue weighted by atomic mass is 9.98. The van der Waals surface area contributed by atoms with E-state index in [-0.39, 0.29) is 5.91 Å². The first kappa shape index (κ1) is 16.5. The monoisotopic (exact) mass is 304 g/mol. The molecule has 2 rings (SSSR count). The van der Waals surface area contributed by atoms with Crippen molar-refractivity contribution >= 4 is 23.0 Å². The Bertz CT molecular complexity index is 530. The summed E-state index contributed by atoms with van der Waals surface area (Å²) in [6, 6.07) is 3.81. The molecular weight excluding hydrogens is 276 g/mol. The Hall–Kier alpha value is -1.91. The molecule has 1 amide bonds. The lowest BCUT2D eigenvalue weighted by Crippen LogP contribution is -2.36. The summed E-state index contributed by atoms with van der Waals surface area (Å²) in [5, 5.41) is 6.07. The highest BCUT2D eigenvalue weighted by atomic mass is 16.1. The largest absolute Gasteiger partial charge is 0.397 e. The molecule has 0 spiro atoms. The quantitative estimate of drug-likeness (QED) is 0.732. The van der Waals surface area contributed by atoms with Crippen LogP contribution in [0.15, 0.2) is 12.1 Å². The van der Waals surface area contributed by atoms with Crippen LogP contribution in [0.3, 0.4) is 0 Å². The zero-order valence-corrected chi connectivity index (χ0v) is 13.9. The molecule has 0 bridgehead atoms. The van der Waals surface area contributed by atoms with Crippen molar-refractivity contribution in [2.24, 2.45) is 5.92 Å². The van der Waals surface area contributed by atoms with E-state index in [1.165, 1.54) is 6.42 Å². The van der Waals surface area contributed by atoms with Crippen LogP contribution < -0.4 is 21.3 Å². The maximum absolute atomic E-state index is 12.5. The average Bonchev–Trinajstić information content (AvgIpc) is 2.52. The molecular formula is C17H28N4O. The third-order valence-corrected chi connectivity index (χ3v) is 4.22. The summed E-state index contributed by atoms with van der Waals surface area (Å²) >= 11 is 0. The SMILES string of the molecule is CCCNC(=O)c1cc(N)c(NC)cc1N1CCC[C@H](C)C1. The van der Waals surface area contributed by atoms with Crippen LogP contribution in [0.4, 0.5) is 17.1 Å². The minimum atomic E-state index is -0.0376. The number of piperidine rings is 1. The topological polar surface area (TPSA) is 70.4 Å². The lowest BCUT2D eigenvalue weighted by Gasteiger charge is -2.34. The molecule has 1 atom stereocenters. The van der Waals surface area contributed by atoms with Crippen molar-refractivity contribution in [2.45, 2.75) is 33.1 Å². The smallest absolute Gasteiger partial charge is 0.253 e. The highest BCUT2D eigenvalue weighted by molar-refractivity contribution is 6.02. The molecule has 0 aromatic heterocycles. The first-order chi connectivity index (χ1) is 10.6. The number of hydrogen-bond donors (Lipinski definition) is 3. The number of carbonyl (C=O) groups excluding carboxylic acids is 1. The third-order valence-electron chi connectivity index (χ3n) is 4.22. The minimum absolute atomic E-state index is 0.0376. The summed E-state index contributed by atoms with van der Waals surface area (Å²) in [5.41, 5.74) is 9.21. The predicted octanol–water partition coefficient (Wildman–Crippen LogP) is 2.69. The van der Waals surface area contributed by atoms with E-state index in [0.717, 1.165) is 37.3 Å². The van der Waals surface area contributed by atoms with E-state index in [9.17, 15) is 4.79 Å². The van der Waals surface area contributed by atoms with Gasteiger partial charge < -0.3 is 21.3 Å². The van der Waals surface area contributed by atoms with Crippen LogP contribution >= 0.6 is 0 Å². The molecule has 0 aliphatic carbocycles. The van der Waals surface area contributed by atoms with Crippen LogP contribution in [-0.2, 0) is 0 Å². The molecule has 1 saturated heterocycles. The molecule has 1 aromatic rings. The van der Waals surface area contributed by atoms with Crippen LogP contribution in [0.2, 0.25) is 0 Å². The van der Waals surface area contributed by atoms with E-state index in [0.29, 0.717) is 23.7 Å². The number of nitrogen functional groups attached to an aromatic ring is 1. The molecule has 122 valence electrons. The Labute approximate surface area is 133 Å². The van der Waals surface area contributed by atoms with Gasteiger partial charge in [0.25, 0.3) is 5.91 Å². The van der Waals surface area contributed by atoms with Crippen LogP contribution in [-0.4, -0.2) is 32.6 Å². The first-order valence-corrected chi connectivity index (χ1v) is 8.21. The molecule has 22 heavy (non-hydrogen) atoms. The predicted molar refractivity (Wildman–Crippen MR) is 93.6 cm³/mol. The van der Waals surface area contributed by atoms with Gasteiger partial charge in [0.15, 0.2) is 0 Å². The van der Waals surface area contributed by atoms with Crippen molar-refractivity contribution in [3.05, 3.63) is 17.7 Å². The average molecular weight is 304 g/mol. The minimum Gasteiger partial charge on any atom is -0.397 e. The van der Waals surface area contributed by atoms with E-state index in [1.807, 2.05) is 20.0 Å². The van der Waals surface area contributed by atoms with Crippen molar-refractivity contribution in [1.82, 2.24) is 5.32 Å². The van der Waals surface area contributed by atoms with Crippen LogP contribution in [0.1, 0.15) is 43.5 Å². The number of nitrogens with two attached hydrogens (primary N) is 1. The standard InChI is InChI=1S/C17H28N4O/c1-4-7-20-17(22)13-9-14(18)15(19-3)10-16(13)21-8-5-6-12(2)11-21/h9-10,12,19H,4-8,11,18H2,1-3H3,(H,20,22)/t12-/m0/s1. The fraction of sp³-hybridized carbons (Fsp3) is 0.588. The summed E-state index contributed by atoms with van der Waals surface area (Å²) in [6.07, 6.45) is 3.34. The van der Waals surface area contributed by atoms with Gasteiger partial charge in [-0.05, 0) is 37.3 Å². The van der Waals surface area contributed by atoms with Gasteiger partial charge >= 0.3 is 0 Å². The van der Waals surface area contributed by atoms with Crippen molar-refractivity contribution in [2.75, 3.05) is 42.6 Å². The molecule has 1 aliphatic heterocycles. The van der Waals surface area contributed by atoms with Crippen LogP contribution in [0, 0.1) is 5.92 Å². The van der Waals surface area contributed by atoms with E-state index in [2.05, 4.69) is 22.5 Å². The van der Waals surface area contributed by atoms with Crippen LogP contribution in [0.5, 0.6) is 0 Å². The van der Waals surface area contributed by atoms with Gasteiger partial charge in [0, 0.05) is 26.7 Å². The van der Waals surface area contributed by atoms with Crippen LogP contribution in [0.25, 0.3) is 0 Å². The molecule has 1 heterocycles. The summed E-state index contributed by atoms with van der Waals surface area (Å²) in [5.74, 6) is 0.611. The highest BCUT2D eigenvalue weighted by Crippen LogP contribution is 2.32. The van der Waals surface area contributed by atoms with Gasteiger partial charge in [0.2, 0.25) is 0 Å². The third kappa shape index (κ3) is 3.64. The molecule has 5 nitrogen and oxygen atoms in total. The Morgan fingerprint density at radius 1 is 1.45 bits per heavy atom. The molecule has 4 N–H and O–H groups in total. The fourth-order valence-corrected chi connectivity index (χ4v) is 3.01. The second kappa shape index (κ2) is 7.38. The number of nitrogens with one attached hydrogen (secondary N) is 2. The van der Waals surface area contributed by atoms with E-state index in [4.69, 9.17) is 5.73 Å². The zero-order valence-electron chi connectivity index (χ0n) is 13.9. The molecule has 0 saturated carbocycles. The molecule has 0 radical (unpaired) electrons. The molecule has 1 aromatic carbocycles. The number of nitrogens with zero attached hydrogens (tertiary/aromatic N) is 1. The van der Waals surface area contributed by atoms with E-state index >= 15 is 0 Å². The molecule has 5 heteroatoms. The van der Waals surface area contributed by atoms with Gasteiger partial charge in [-0.25, -0.2) is 0 Å². The number of benzene rings is 1. The summed E-state index contributed by atoms with van der Waals surface area (Å²) < 4.78 is 0.